The van der Waals surface area contributed by atoms with Crippen molar-refractivity contribution in [3.63, 3.8) is 0 Å². The van der Waals surface area contributed by atoms with Crippen LogP contribution in [0, 0.1) is 5.41 Å². The van der Waals surface area contributed by atoms with E-state index in [0.29, 0.717) is 5.71 Å². The molecule has 0 saturated heterocycles. The van der Waals surface area contributed by atoms with Crippen LogP contribution in [0.3, 0.4) is 0 Å². The van der Waals surface area contributed by atoms with E-state index in [0.717, 1.165) is 13.0 Å². The maximum atomic E-state index is 7.53. The van der Waals surface area contributed by atoms with Crippen LogP contribution in [0.5, 0.6) is 0 Å². The van der Waals surface area contributed by atoms with Crippen molar-refractivity contribution in [2.75, 3.05) is 0 Å². The first-order chi connectivity index (χ1) is 7.34. The summed E-state index contributed by atoms with van der Waals surface area (Å²) in [5.74, 6) is 0. The number of rotatable bonds is 2. The fourth-order valence-corrected chi connectivity index (χ4v) is 1.52. The Morgan fingerprint density at radius 1 is 1.13 bits per heavy atom. The second-order valence-electron chi connectivity index (χ2n) is 3.59. The molecule has 15 heavy (non-hydrogen) atoms. The average molecular weight is 198 g/mol. The minimum absolute atomic E-state index is 0.654. The number of hydrogen-bond acceptors (Lipinski definition) is 2. The van der Waals surface area contributed by atoms with E-state index in [1.807, 2.05) is 42.8 Å². The first-order valence-corrected chi connectivity index (χ1v) is 5.06. The zero-order chi connectivity index (χ0) is 10.5. The molecule has 0 amide bonds. The third-order valence-electron chi connectivity index (χ3n) is 2.31. The molecule has 2 heteroatoms. The van der Waals surface area contributed by atoms with Crippen molar-refractivity contribution < 1.29 is 0 Å². The van der Waals surface area contributed by atoms with Gasteiger partial charge in [0.15, 0.2) is 0 Å². The Bertz CT molecular complexity index is 390. The molecule has 0 aliphatic carbocycles. The predicted molar refractivity (Wildman–Crippen MR) is 62.6 cm³/mol. The molecule has 0 atom stereocenters. The molecule has 0 saturated carbocycles. The lowest BCUT2D eigenvalue weighted by atomic mass is 10.2. The average Bonchev–Trinajstić information content (AvgIpc) is 2.46. The smallest absolute Gasteiger partial charge is 0.0470 e. The molecule has 0 radical (unpaired) electrons. The van der Waals surface area contributed by atoms with Crippen LogP contribution in [0.15, 0.2) is 54.9 Å². The zero-order valence-electron chi connectivity index (χ0n) is 8.56. The van der Waals surface area contributed by atoms with Gasteiger partial charge in [-0.2, -0.15) is 0 Å². The summed E-state index contributed by atoms with van der Waals surface area (Å²) < 4.78 is 0. The maximum Gasteiger partial charge on any atom is 0.0470 e. The third kappa shape index (κ3) is 2.81. The fraction of sp³-hybridized carbons (Fsp3) is 0.154. The van der Waals surface area contributed by atoms with Gasteiger partial charge in [-0.25, -0.2) is 0 Å². The summed E-state index contributed by atoms with van der Waals surface area (Å²) >= 11 is 0. The van der Waals surface area contributed by atoms with Gasteiger partial charge in [0, 0.05) is 31.1 Å². The molecule has 2 nitrogen and oxygen atoms in total. The van der Waals surface area contributed by atoms with Crippen LogP contribution in [0.2, 0.25) is 0 Å². The minimum Gasteiger partial charge on any atom is -0.350 e. The van der Waals surface area contributed by atoms with E-state index >= 15 is 0 Å². The number of nitrogens with zero attached hydrogens (tertiary/aromatic N) is 1. The topological polar surface area (TPSA) is 27.1 Å². The Hall–Kier alpha value is -1.83. The lowest BCUT2D eigenvalue weighted by Crippen LogP contribution is -2.08. The molecule has 1 aromatic carbocycles. The highest BCUT2D eigenvalue weighted by Gasteiger charge is 2.00. The summed E-state index contributed by atoms with van der Waals surface area (Å²) in [6.07, 6.45) is 8.58. The van der Waals surface area contributed by atoms with Gasteiger partial charge >= 0.3 is 0 Å². The van der Waals surface area contributed by atoms with Crippen molar-refractivity contribution in [1.29, 1.82) is 5.41 Å². The summed E-state index contributed by atoms with van der Waals surface area (Å²) in [4.78, 5) is 2.09. The van der Waals surface area contributed by atoms with Crippen molar-refractivity contribution in [3.05, 3.63) is 60.4 Å². The molecule has 0 unspecified atom stereocenters. The van der Waals surface area contributed by atoms with Crippen LogP contribution >= 0.6 is 0 Å². The molecule has 1 N–H and O–H groups in total. The highest BCUT2D eigenvalue weighted by atomic mass is 15.1. The molecule has 0 bridgehead atoms. The summed E-state index contributed by atoms with van der Waals surface area (Å²) in [7, 11) is 0. The van der Waals surface area contributed by atoms with Gasteiger partial charge < -0.3 is 10.3 Å². The predicted octanol–water partition coefficient (Wildman–Crippen LogP) is 2.94. The second kappa shape index (κ2) is 4.60. The maximum absolute atomic E-state index is 7.53. The van der Waals surface area contributed by atoms with Crippen molar-refractivity contribution in [2.45, 2.75) is 13.0 Å². The van der Waals surface area contributed by atoms with E-state index < -0.39 is 0 Å². The lowest BCUT2D eigenvalue weighted by Gasteiger charge is -2.14. The van der Waals surface area contributed by atoms with Gasteiger partial charge in [-0.05, 0) is 11.6 Å². The number of nitrogens with one attached hydrogen (secondary N) is 1. The number of allylic oxidation sites excluding steroid dienone is 2. The summed E-state index contributed by atoms with van der Waals surface area (Å²) in [6, 6.07) is 10.3. The molecule has 76 valence electrons. The molecular weight excluding hydrogens is 184 g/mol. The van der Waals surface area contributed by atoms with Crippen molar-refractivity contribution in [2.24, 2.45) is 0 Å². The zero-order valence-corrected chi connectivity index (χ0v) is 8.56. The van der Waals surface area contributed by atoms with E-state index in [2.05, 4.69) is 17.0 Å². The van der Waals surface area contributed by atoms with E-state index in [4.69, 9.17) is 5.41 Å². The van der Waals surface area contributed by atoms with Crippen LogP contribution in [-0.4, -0.2) is 10.6 Å². The molecular formula is C13H14N2. The minimum atomic E-state index is 0.654. The van der Waals surface area contributed by atoms with Gasteiger partial charge in [-0.1, -0.05) is 36.4 Å². The number of benzene rings is 1. The third-order valence-corrected chi connectivity index (χ3v) is 2.31. The van der Waals surface area contributed by atoms with Crippen LogP contribution in [0.25, 0.3) is 0 Å². The van der Waals surface area contributed by atoms with Crippen molar-refractivity contribution in [1.82, 2.24) is 4.90 Å². The Morgan fingerprint density at radius 2 is 1.93 bits per heavy atom. The van der Waals surface area contributed by atoms with Gasteiger partial charge in [0.2, 0.25) is 0 Å². The summed E-state index contributed by atoms with van der Waals surface area (Å²) in [5.41, 5.74) is 1.93. The van der Waals surface area contributed by atoms with Gasteiger partial charge in [0.1, 0.15) is 0 Å². The Labute approximate surface area is 90.0 Å². The highest BCUT2D eigenvalue weighted by Crippen LogP contribution is 2.08. The van der Waals surface area contributed by atoms with Crippen LogP contribution in [0.1, 0.15) is 12.0 Å². The second-order valence-corrected chi connectivity index (χ2v) is 3.59. The molecule has 1 aliphatic rings. The van der Waals surface area contributed by atoms with Gasteiger partial charge in [-0.15, -0.1) is 0 Å². The van der Waals surface area contributed by atoms with E-state index in [1.54, 1.807) is 0 Å². The van der Waals surface area contributed by atoms with Crippen molar-refractivity contribution >= 4 is 5.71 Å². The van der Waals surface area contributed by atoms with Gasteiger partial charge in [0.05, 0.1) is 0 Å². The fourth-order valence-electron chi connectivity index (χ4n) is 1.52. The van der Waals surface area contributed by atoms with Crippen LogP contribution in [0.4, 0.5) is 0 Å². The van der Waals surface area contributed by atoms with E-state index in [9.17, 15) is 0 Å². The Kier molecular flexibility index (Phi) is 2.98. The normalized spacial score (nSPS) is 15.5. The highest BCUT2D eigenvalue weighted by molar-refractivity contribution is 5.93. The van der Waals surface area contributed by atoms with Crippen molar-refractivity contribution in [3.8, 4) is 0 Å². The van der Waals surface area contributed by atoms with Gasteiger partial charge in [0.25, 0.3) is 0 Å². The standard InChI is InChI=1S/C13H14N2/c14-13-7-4-9-15(10-8-13)11-12-5-2-1-3-6-12/h1-6,8-10,14H,7,11H2. The van der Waals surface area contributed by atoms with E-state index in [-0.39, 0.29) is 0 Å². The van der Waals surface area contributed by atoms with Crippen LogP contribution < -0.4 is 0 Å². The SMILES string of the molecule is N=C1C=CN(Cc2ccccc2)C=CC1. The largest absolute Gasteiger partial charge is 0.350 e. The molecule has 0 fully saturated rings. The molecule has 1 aromatic rings. The Morgan fingerprint density at radius 3 is 2.73 bits per heavy atom. The summed E-state index contributed by atoms with van der Waals surface area (Å²) in [6.45, 7) is 0.862. The molecule has 2 rings (SSSR count). The molecule has 0 spiro atoms. The lowest BCUT2D eigenvalue weighted by molar-refractivity contribution is 0.502. The van der Waals surface area contributed by atoms with Crippen LogP contribution in [-0.2, 0) is 6.54 Å². The molecule has 0 aromatic heterocycles. The molecule has 1 heterocycles. The monoisotopic (exact) mass is 198 g/mol. The van der Waals surface area contributed by atoms with E-state index in [1.165, 1.54) is 5.56 Å². The quantitative estimate of drug-likeness (QED) is 0.777. The molecule has 1 aliphatic heterocycles. The summed E-state index contributed by atoms with van der Waals surface area (Å²) in [5, 5.41) is 7.53. The number of hydrogen-bond donors (Lipinski definition) is 1. The Balaban J connectivity index is 2.06. The first-order valence-electron chi connectivity index (χ1n) is 5.06. The first kappa shape index (κ1) is 9.71. The van der Waals surface area contributed by atoms with Gasteiger partial charge in [-0.3, -0.25) is 0 Å².